The third-order valence-corrected chi connectivity index (χ3v) is 6.42. The van der Waals surface area contributed by atoms with Gasteiger partial charge < -0.3 is 14.6 Å². The van der Waals surface area contributed by atoms with E-state index in [0.717, 1.165) is 10.8 Å². The molecule has 4 aromatic carbocycles. The van der Waals surface area contributed by atoms with E-state index in [1.807, 2.05) is 54.6 Å². The Labute approximate surface area is 234 Å². The van der Waals surface area contributed by atoms with Crippen LogP contribution >= 0.6 is 15.9 Å². The molecule has 2 atom stereocenters. The van der Waals surface area contributed by atoms with Crippen LogP contribution in [0.3, 0.4) is 0 Å². The fourth-order valence-electron chi connectivity index (χ4n) is 4.12. The molecule has 0 fully saturated rings. The SMILES string of the molecule is O=C(/C=C/CC[C@@H](Oc1ccccc1)[C@H](OC(=O)Nc1cccc2ccccc12)c1cc(Br)ccc1O)NO. The third kappa shape index (κ3) is 7.59. The lowest BCUT2D eigenvalue weighted by Gasteiger charge is -2.29. The second-order valence-electron chi connectivity index (χ2n) is 8.61. The van der Waals surface area contributed by atoms with Crippen LogP contribution in [0.4, 0.5) is 10.5 Å². The van der Waals surface area contributed by atoms with Gasteiger partial charge in [-0.2, -0.15) is 0 Å². The van der Waals surface area contributed by atoms with Gasteiger partial charge in [0.15, 0.2) is 6.10 Å². The molecule has 0 aromatic heterocycles. The highest BCUT2D eigenvalue weighted by atomic mass is 79.9. The standard InChI is InChI=1S/C30H27BrN2O6/c31-21-17-18-26(34)24(19-21)29(39-30(36)32-25-14-8-10-20-9-4-5-13-23(20)25)27(15-6-7-16-28(35)33-37)38-22-11-2-1-3-12-22/h1-5,7-14,16-19,27,29,34,37H,6,15H2,(H,32,36)(H,33,35)/b16-7+/t27-,29-/m1/s1. The molecule has 0 bridgehead atoms. The monoisotopic (exact) mass is 590 g/mol. The number of phenolic OH excluding ortho intramolecular Hbond substituents is 1. The summed E-state index contributed by atoms with van der Waals surface area (Å²) in [4.78, 5) is 24.7. The Morgan fingerprint density at radius 2 is 1.69 bits per heavy atom. The molecule has 0 spiro atoms. The number of rotatable bonds is 10. The van der Waals surface area contributed by atoms with Crippen LogP contribution < -0.4 is 15.5 Å². The Morgan fingerprint density at radius 3 is 2.49 bits per heavy atom. The molecule has 0 saturated carbocycles. The lowest BCUT2D eigenvalue weighted by atomic mass is 9.99. The predicted octanol–water partition coefficient (Wildman–Crippen LogP) is 6.89. The van der Waals surface area contributed by atoms with Gasteiger partial charge in [0.25, 0.3) is 5.91 Å². The van der Waals surface area contributed by atoms with E-state index in [4.69, 9.17) is 14.7 Å². The van der Waals surface area contributed by atoms with Crippen molar-refractivity contribution in [3.05, 3.63) is 113 Å². The van der Waals surface area contributed by atoms with E-state index < -0.39 is 24.2 Å². The van der Waals surface area contributed by atoms with Crippen LogP contribution in [0, 0.1) is 0 Å². The second kappa shape index (κ2) is 13.5. The van der Waals surface area contributed by atoms with Crippen LogP contribution in [-0.4, -0.2) is 28.4 Å². The lowest BCUT2D eigenvalue weighted by molar-refractivity contribution is -0.124. The number of benzene rings is 4. The van der Waals surface area contributed by atoms with Gasteiger partial charge in [0, 0.05) is 21.5 Å². The fourth-order valence-corrected chi connectivity index (χ4v) is 4.49. The molecule has 0 radical (unpaired) electrons. The number of ether oxygens (including phenoxy) is 2. The second-order valence-corrected chi connectivity index (χ2v) is 9.52. The zero-order chi connectivity index (χ0) is 27.6. The molecule has 4 N–H and O–H groups in total. The minimum absolute atomic E-state index is 0.0713. The Kier molecular flexibility index (Phi) is 9.55. The first-order valence-corrected chi connectivity index (χ1v) is 13.0. The molecule has 200 valence electrons. The summed E-state index contributed by atoms with van der Waals surface area (Å²) in [6, 6.07) is 27.1. The molecule has 0 saturated heterocycles. The summed E-state index contributed by atoms with van der Waals surface area (Å²) in [6.45, 7) is 0. The number of fused-ring (bicyclic) bond motifs is 1. The van der Waals surface area contributed by atoms with E-state index in [1.165, 1.54) is 12.1 Å². The van der Waals surface area contributed by atoms with Gasteiger partial charge >= 0.3 is 6.09 Å². The number of carbonyl (C=O) groups excluding carboxylic acids is 2. The molecule has 0 aliphatic heterocycles. The zero-order valence-corrected chi connectivity index (χ0v) is 22.4. The Balaban J connectivity index is 1.66. The topological polar surface area (TPSA) is 117 Å². The Morgan fingerprint density at radius 1 is 0.949 bits per heavy atom. The summed E-state index contributed by atoms with van der Waals surface area (Å²) >= 11 is 3.43. The molecule has 2 amide bonds. The summed E-state index contributed by atoms with van der Waals surface area (Å²) in [7, 11) is 0. The minimum atomic E-state index is -1.03. The molecule has 4 aromatic rings. The number of aromatic hydroxyl groups is 1. The highest BCUT2D eigenvalue weighted by Crippen LogP contribution is 2.36. The van der Waals surface area contributed by atoms with Crippen molar-refractivity contribution in [1.29, 1.82) is 0 Å². The summed E-state index contributed by atoms with van der Waals surface area (Å²) in [5.74, 6) is -0.197. The van der Waals surface area contributed by atoms with Gasteiger partial charge in [-0.15, -0.1) is 0 Å². The molecular formula is C30H27BrN2O6. The predicted molar refractivity (Wildman–Crippen MR) is 152 cm³/mol. The van der Waals surface area contributed by atoms with Crippen LogP contribution in [0.1, 0.15) is 24.5 Å². The van der Waals surface area contributed by atoms with Gasteiger partial charge in [0.1, 0.15) is 17.6 Å². The summed E-state index contributed by atoms with van der Waals surface area (Å²) in [6.07, 6.45) is 0.908. The molecular weight excluding hydrogens is 564 g/mol. The fraction of sp³-hybridized carbons (Fsp3) is 0.133. The average molecular weight is 591 g/mol. The first-order chi connectivity index (χ1) is 18.9. The maximum absolute atomic E-state index is 13.3. The number of amides is 2. The van der Waals surface area contributed by atoms with E-state index in [-0.39, 0.29) is 5.75 Å². The van der Waals surface area contributed by atoms with Crippen molar-refractivity contribution in [3.63, 3.8) is 0 Å². The van der Waals surface area contributed by atoms with Gasteiger partial charge in [0.05, 0.1) is 5.69 Å². The number of phenols is 1. The number of allylic oxidation sites excluding steroid dienone is 1. The highest BCUT2D eigenvalue weighted by Gasteiger charge is 2.31. The Bertz CT molecular complexity index is 1460. The van der Waals surface area contributed by atoms with Gasteiger partial charge in [-0.3, -0.25) is 15.3 Å². The molecule has 8 nitrogen and oxygen atoms in total. The number of halogens is 1. The van der Waals surface area contributed by atoms with E-state index in [9.17, 15) is 14.7 Å². The van der Waals surface area contributed by atoms with Gasteiger partial charge in [0.2, 0.25) is 0 Å². The third-order valence-electron chi connectivity index (χ3n) is 5.92. The van der Waals surface area contributed by atoms with Crippen molar-refractivity contribution in [1.82, 2.24) is 5.48 Å². The number of hydrogen-bond donors (Lipinski definition) is 4. The summed E-state index contributed by atoms with van der Waals surface area (Å²) in [5, 5.41) is 24.1. The summed E-state index contributed by atoms with van der Waals surface area (Å²) < 4.78 is 12.9. The number of para-hydroxylation sites is 1. The van der Waals surface area contributed by atoms with Crippen LogP contribution in [0.15, 0.2) is 108 Å². The molecule has 4 rings (SSSR count). The average Bonchev–Trinajstić information content (AvgIpc) is 2.95. The molecule has 39 heavy (non-hydrogen) atoms. The Hall–Kier alpha value is -4.34. The maximum atomic E-state index is 13.3. The van der Waals surface area contributed by atoms with E-state index in [2.05, 4.69) is 21.2 Å². The highest BCUT2D eigenvalue weighted by molar-refractivity contribution is 9.10. The number of nitrogens with one attached hydrogen (secondary N) is 2. The van der Waals surface area contributed by atoms with Crippen molar-refractivity contribution in [3.8, 4) is 11.5 Å². The summed E-state index contributed by atoms with van der Waals surface area (Å²) in [5.41, 5.74) is 2.46. The number of carbonyl (C=O) groups is 2. The quantitative estimate of drug-likeness (QED) is 0.0907. The van der Waals surface area contributed by atoms with Crippen molar-refractivity contribution in [2.24, 2.45) is 0 Å². The van der Waals surface area contributed by atoms with Gasteiger partial charge in [-0.25, -0.2) is 10.3 Å². The van der Waals surface area contributed by atoms with Crippen LogP contribution in [0.5, 0.6) is 11.5 Å². The molecule has 0 aliphatic rings. The van der Waals surface area contributed by atoms with Crippen LogP contribution in [0.2, 0.25) is 0 Å². The molecule has 0 aliphatic carbocycles. The van der Waals surface area contributed by atoms with Crippen molar-refractivity contribution >= 4 is 44.4 Å². The first-order valence-electron chi connectivity index (χ1n) is 12.2. The van der Waals surface area contributed by atoms with E-state index in [0.29, 0.717) is 34.3 Å². The minimum Gasteiger partial charge on any atom is -0.508 e. The van der Waals surface area contributed by atoms with Gasteiger partial charge in [-0.05, 0) is 54.6 Å². The molecule has 0 unspecified atom stereocenters. The molecule has 0 heterocycles. The van der Waals surface area contributed by atoms with Gasteiger partial charge in [-0.1, -0.05) is 76.6 Å². The zero-order valence-electron chi connectivity index (χ0n) is 20.8. The van der Waals surface area contributed by atoms with Crippen molar-refractivity contribution in [2.45, 2.75) is 25.0 Å². The number of hydroxylamine groups is 1. The lowest BCUT2D eigenvalue weighted by Crippen LogP contribution is -2.31. The van der Waals surface area contributed by atoms with E-state index in [1.54, 1.807) is 41.9 Å². The number of hydrogen-bond acceptors (Lipinski definition) is 6. The van der Waals surface area contributed by atoms with Crippen molar-refractivity contribution in [2.75, 3.05) is 5.32 Å². The van der Waals surface area contributed by atoms with E-state index >= 15 is 0 Å². The normalized spacial score (nSPS) is 12.6. The van der Waals surface area contributed by atoms with Crippen LogP contribution in [-0.2, 0) is 9.53 Å². The van der Waals surface area contributed by atoms with Crippen LogP contribution in [0.25, 0.3) is 10.8 Å². The number of anilines is 1. The largest absolute Gasteiger partial charge is 0.508 e. The molecule has 9 heteroatoms. The van der Waals surface area contributed by atoms with Crippen molar-refractivity contribution < 1.29 is 29.4 Å². The maximum Gasteiger partial charge on any atom is 0.412 e. The smallest absolute Gasteiger partial charge is 0.412 e. The first kappa shape index (κ1) is 27.7.